The molecule has 1 aliphatic carbocycles. The Morgan fingerprint density at radius 2 is 1.65 bits per heavy atom. The summed E-state index contributed by atoms with van der Waals surface area (Å²) in [5, 5.41) is 6.28. The van der Waals surface area contributed by atoms with Crippen LogP contribution in [0.2, 0.25) is 0 Å². The van der Waals surface area contributed by atoms with Crippen LogP contribution in [-0.4, -0.2) is 26.5 Å². The summed E-state index contributed by atoms with van der Waals surface area (Å²) in [4.78, 5) is 8.28. The molecule has 164 valence electrons. The Hall–Kier alpha value is -3.18. The predicted molar refractivity (Wildman–Crippen MR) is 92.7 cm³/mol. The van der Waals surface area contributed by atoms with E-state index in [-0.39, 0.29) is 23.6 Å². The third kappa shape index (κ3) is 4.47. The smallest absolute Gasteiger partial charge is 0.413 e. The average molecular weight is 444 g/mol. The van der Waals surface area contributed by atoms with Gasteiger partial charge in [-0.15, -0.1) is 23.4 Å². The van der Waals surface area contributed by atoms with Crippen molar-refractivity contribution >= 4 is 0 Å². The largest absolute Gasteiger partial charge is 0.573 e. The SMILES string of the molecule is FC(F)(F)Oc1ccccc1C1(Cc2ncc(-c3nnc(C(F)(F)F)o3)cn2)CCC1. The van der Waals surface area contributed by atoms with Gasteiger partial charge in [-0.05, 0) is 18.9 Å². The van der Waals surface area contributed by atoms with Crippen molar-refractivity contribution in [1.29, 1.82) is 0 Å². The Morgan fingerprint density at radius 1 is 0.968 bits per heavy atom. The maximum Gasteiger partial charge on any atom is 0.573 e. The van der Waals surface area contributed by atoms with E-state index in [4.69, 9.17) is 0 Å². The molecular weight excluding hydrogens is 430 g/mol. The molecule has 0 spiro atoms. The third-order valence-corrected chi connectivity index (χ3v) is 5.11. The fourth-order valence-electron chi connectivity index (χ4n) is 3.58. The van der Waals surface area contributed by atoms with E-state index in [0.717, 1.165) is 6.42 Å². The van der Waals surface area contributed by atoms with Crippen LogP contribution in [0.3, 0.4) is 0 Å². The molecule has 1 fully saturated rings. The Kier molecular flexibility index (Phi) is 5.10. The monoisotopic (exact) mass is 444 g/mol. The molecule has 3 aromatic rings. The molecule has 0 radical (unpaired) electrons. The maximum absolute atomic E-state index is 12.8. The van der Waals surface area contributed by atoms with E-state index in [2.05, 4.69) is 29.3 Å². The number of hydrogen-bond donors (Lipinski definition) is 0. The van der Waals surface area contributed by atoms with Crippen molar-refractivity contribution in [1.82, 2.24) is 20.2 Å². The van der Waals surface area contributed by atoms with Crippen molar-refractivity contribution in [2.75, 3.05) is 0 Å². The number of para-hydroxylation sites is 1. The van der Waals surface area contributed by atoms with Gasteiger partial charge in [0, 0.05) is 29.8 Å². The fourth-order valence-corrected chi connectivity index (χ4v) is 3.58. The van der Waals surface area contributed by atoms with Gasteiger partial charge in [-0.1, -0.05) is 24.6 Å². The number of ether oxygens (including phenoxy) is 1. The molecule has 0 aliphatic heterocycles. The summed E-state index contributed by atoms with van der Waals surface area (Å²) in [6.45, 7) is 0. The van der Waals surface area contributed by atoms with E-state index in [1.807, 2.05) is 0 Å². The molecule has 1 aliphatic rings. The number of nitrogens with zero attached hydrogens (tertiary/aromatic N) is 4. The zero-order chi connectivity index (χ0) is 22.3. The van der Waals surface area contributed by atoms with Crippen molar-refractivity contribution in [2.45, 2.75) is 43.6 Å². The van der Waals surface area contributed by atoms with Crippen LogP contribution in [0.25, 0.3) is 11.5 Å². The van der Waals surface area contributed by atoms with Crippen molar-refractivity contribution in [3.05, 3.63) is 53.9 Å². The lowest BCUT2D eigenvalue weighted by Crippen LogP contribution is -2.38. The molecule has 0 bridgehead atoms. The van der Waals surface area contributed by atoms with Crippen LogP contribution in [-0.2, 0) is 18.0 Å². The summed E-state index contributed by atoms with van der Waals surface area (Å²) in [5.74, 6) is -1.82. The van der Waals surface area contributed by atoms with Crippen molar-refractivity contribution in [2.24, 2.45) is 0 Å². The van der Waals surface area contributed by atoms with Crippen LogP contribution in [0, 0.1) is 0 Å². The van der Waals surface area contributed by atoms with Crippen LogP contribution in [0.1, 0.15) is 36.5 Å². The first-order valence-electron chi connectivity index (χ1n) is 9.13. The number of alkyl halides is 6. The lowest BCUT2D eigenvalue weighted by Gasteiger charge is -2.42. The average Bonchev–Trinajstić information content (AvgIpc) is 3.15. The summed E-state index contributed by atoms with van der Waals surface area (Å²) in [7, 11) is 0. The van der Waals surface area contributed by atoms with Gasteiger partial charge in [-0.3, -0.25) is 0 Å². The number of hydrogen-bond acceptors (Lipinski definition) is 6. The van der Waals surface area contributed by atoms with E-state index < -0.39 is 23.8 Å². The quantitative estimate of drug-likeness (QED) is 0.510. The molecule has 1 saturated carbocycles. The van der Waals surface area contributed by atoms with Gasteiger partial charge in [0.25, 0.3) is 5.89 Å². The standard InChI is InChI=1S/C19H14F6N4O2/c20-18(21,22)16-29-28-15(30-16)11-9-26-14(27-10-11)8-17(6-3-7-17)12-4-1-2-5-13(12)31-19(23,24)25/h1-2,4-5,9-10H,3,6-8H2. The van der Waals surface area contributed by atoms with Gasteiger partial charge in [0.15, 0.2) is 0 Å². The third-order valence-electron chi connectivity index (χ3n) is 5.11. The summed E-state index contributed by atoms with van der Waals surface area (Å²) >= 11 is 0. The van der Waals surface area contributed by atoms with E-state index in [1.54, 1.807) is 12.1 Å². The lowest BCUT2D eigenvalue weighted by atomic mass is 9.62. The van der Waals surface area contributed by atoms with E-state index >= 15 is 0 Å². The van der Waals surface area contributed by atoms with Crippen LogP contribution >= 0.6 is 0 Å². The molecule has 0 amide bonds. The topological polar surface area (TPSA) is 73.9 Å². The first-order chi connectivity index (χ1) is 14.6. The van der Waals surface area contributed by atoms with Gasteiger partial charge in [0.2, 0.25) is 0 Å². The highest BCUT2D eigenvalue weighted by Gasteiger charge is 2.43. The van der Waals surface area contributed by atoms with Crippen molar-refractivity contribution in [3.63, 3.8) is 0 Å². The molecule has 1 aromatic carbocycles. The van der Waals surface area contributed by atoms with E-state index in [1.165, 1.54) is 24.5 Å². The molecule has 6 nitrogen and oxygen atoms in total. The highest BCUT2D eigenvalue weighted by atomic mass is 19.4. The van der Waals surface area contributed by atoms with Gasteiger partial charge in [0.1, 0.15) is 11.6 Å². The Balaban J connectivity index is 1.57. The summed E-state index contributed by atoms with van der Waals surface area (Å²) < 4.78 is 85.0. The van der Waals surface area contributed by atoms with Crippen LogP contribution in [0.15, 0.2) is 41.1 Å². The molecule has 0 unspecified atom stereocenters. The van der Waals surface area contributed by atoms with Gasteiger partial charge in [-0.25, -0.2) is 9.97 Å². The maximum atomic E-state index is 12.8. The minimum atomic E-state index is -4.82. The minimum Gasteiger partial charge on any atom is -0.413 e. The van der Waals surface area contributed by atoms with Crippen LogP contribution < -0.4 is 4.74 Å². The molecule has 0 N–H and O–H groups in total. The Morgan fingerprint density at radius 3 is 2.19 bits per heavy atom. The molecule has 2 heterocycles. The van der Waals surface area contributed by atoms with Crippen molar-refractivity contribution in [3.8, 4) is 17.2 Å². The number of aromatic nitrogens is 4. The van der Waals surface area contributed by atoms with Crippen LogP contribution in [0.4, 0.5) is 26.3 Å². The van der Waals surface area contributed by atoms with Gasteiger partial charge in [-0.2, -0.15) is 13.2 Å². The molecule has 0 atom stereocenters. The highest BCUT2D eigenvalue weighted by molar-refractivity contribution is 5.49. The van der Waals surface area contributed by atoms with Crippen LogP contribution in [0.5, 0.6) is 5.75 Å². The zero-order valence-electron chi connectivity index (χ0n) is 15.7. The van der Waals surface area contributed by atoms with Gasteiger partial charge < -0.3 is 9.15 Å². The molecule has 2 aromatic heterocycles. The second kappa shape index (κ2) is 7.50. The second-order valence-corrected chi connectivity index (χ2v) is 7.15. The molecular formula is C19H14F6N4O2. The second-order valence-electron chi connectivity index (χ2n) is 7.15. The van der Waals surface area contributed by atoms with E-state index in [0.29, 0.717) is 24.2 Å². The first kappa shape index (κ1) is 21.1. The molecule has 4 rings (SSSR count). The zero-order valence-corrected chi connectivity index (χ0v) is 15.7. The number of rotatable bonds is 5. The summed E-state index contributed by atoms with van der Waals surface area (Å²) in [6, 6.07) is 5.95. The molecule has 31 heavy (non-hydrogen) atoms. The van der Waals surface area contributed by atoms with E-state index in [9.17, 15) is 26.3 Å². The van der Waals surface area contributed by atoms with Gasteiger partial charge in [0.05, 0.1) is 5.56 Å². The number of halogens is 6. The van der Waals surface area contributed by atoms with Gasteiger partial charge >= 0.3 is 18.4 Å². The minimum absolute atomic E-state index is 0.0928. The summed E-state index contributed by atoms with van der Waals surface area (Å²) in [6.07, 6.45) is -4.82. The molecule has 0 saturated heterocycles. The van der Waals surface area contributed by atoms with Crippen molar-refractivity contribution < 1.29 is 35.5 Å². The fraction of sp³-hybridized carbons (Fsp3) is 0.368. The molecule has 12 heteroatoms. The highest BCUT2D eigenvalue weighted by Crippen LogP contribution is 2.49. The predicted octanol–water partition coefficient (Wildman–Crippen LogP) is 5.11. The summed E-state index contributed by atoms with van der Waals surface area (Å²) in [5.41, 5.74) is -0.120. The Bertz CT molecular complexity index is 1060. The Labute approximate surface area is 171 Å². The first-order valence-corrected chi connectivity index (χ1v) is 9.13. The normalized spacial score (nSPS) is 16.1. The lowest BCUT2D eigenvalue weighted by molar-refractivity contribution is -0.275. The number of benzene rings is 1.